The number of anilines is 1. The molecule has 154 valence electrons. The molecule has 0 radical (unpaired) electrons. The first-order valence-electron chi connectivity index (χ1n) is 8.84. The van der Waals surface area contributed by atoms with Crippen molar-refractivity contribution in [2.24, 2.45) is 0 Å². The number of halogens is 3. The van der Waals surface area contributed by atoms with Crippen molar-refractivity contribution in [2.75, 3.05) is 5.32 Å². The molecule has 0 heterocycles. The first kappa shape index (κ1) is 22.1. The molecule has 1 amide bonds. The molecule has 2 rings (SSSR count). The van der Waals surface area contributed by atoms with E-state index in [0.717, 1.165) is 23.8 Å². The minimum atomic E-state index is -4.54. The summed E-state index contributed by atoms with van der Waals surface area (Å²) in [5.74, 6) is -1.76. The average Bonchev–Trinajstić information content (AvgIpc) is 2.66. The van der Waals surface area contributed by atoms with Gasteiger partial charge in [0.25, 0.3) is 5.91 Å². The molecule has 0 aliphatic rings. The van der Waals surface area contributed by atoms with Crippen LogP contribution in [0.1, 0.15) is 41.3 Å². The lowest BCUT2D eigenvalue weighted by Gasteiger charge is -2.14. The molecule has 1 N–H and O–H groups in total. The highest BCUT2D eigenvalue weighted by Crippen LogP contribution is 2.30. The Balaban J connectivity index is 1.85. The predicted octanol–water partition coefficient (Wildman–Crippen LogP) is 4.55. The van der Waals surface area contributed by atoms with E-state index in [-0.39, 0.29) is 24.3 Å². The number of ketones is 1. The van der Waals surface area contributed by atoms with E-state index in [2.05, 4.69) is 5.32 Å². The van der Waals surface area contributed by atoms with Gasteiger partial charge in [-0.1, -0.05) is 35.9 Å². The Morgan fingerprint density at radius 3 is 2.31 bits per heavy atom. The molecule has 8 heteroatoms. The smallest absolute Gasteiger partial charge is 0.416 e. The third kappa shape index (κ3) is 6.74. The van der Waals surface area contributed by atoms with Gasteiger partial charge in [-0.15, -0.1) is 0 Å². The lowest BCUT2D eigenvalue weighted by Crippen LogP contribution is -2.30. The average molecular weight is 407 g/mol. The van der Waals surface area contributed by atoms with E-state index in [4.69, 9.17) is 4.74 Å². The number of alkyl halides is 3. The van der Waals surface area contributed by atoms with Crippen molar-refractivity contribution in [3.63, 3.8) is 0 Å². The van der Waals surface area contributed by atoms with Gasteiger partial charge in [0.05, 0.1) is 12.0 Å². The molecule has 1 unspecified atom stereocenters. The van der Waals surface area contributed by atoms with Crippen LogP contribution in [0.4, 0.5) is 18.9 Å². The van der Waals surface area contributed by atoms with Crippen LogP contribution in [0.25, 0.3) is 0 Å². The predicted molar refractivity (Wildman–Crippen MR) is 100 cm³/mol. The number of carbonyl (C=O) groups excluding carboxylic acids is 3. The lowest BCUT2D eigenvalue weighted by molar-refractivity contribution is -0.153. The molecule has 2 aromatic rings. The van der Waals surface area contributed by atoms with Crippen LogP contribution in [0.15, 0.2) is 48.5 Å². The second-order valence-corrected chi connectivity index (χ2v) is 6.49. The molecule has 0 saturated carbocycles. The molecule has 0 aliphatic heterocycles. The zero-order valence-corrected chi connectivity index (χ0v) is 15.9. The summed E-state index contributed by atoms with van der Waals surface area (Å²) in [5, 5.41) is 2.27. The molecule has 0 aliphatic carbocycles. The first-order chi connectivity index (χ1) is 13.6. The van der Waals surface area contributed by atoms with Crippen molar-refractivity contribution < 1.29 is 32.3 Å². The van der Waals surface area contributed by atoms with Crippen molar-refractivity contribution in [3.05, 3.63) is 65.2 Å². The van der Waals surface area contributed by atoms with Gasteiger partial charge in [-0.25, -0.2) is 0 Å². The van der Waals surface area contributed by atoms with Crippen molar-refractivity contribution in [1.29, 1.82) is 0 Å². The Morgan fingerprint density at radius 1 is 1.03 bits per heavy atom. The molecule has 5 nitrogen and oxygen atoms in total. The number of hydrogen-bond donors (Lipinski definition) is 1. The molecule has 0 spiro atoms. The highest BCUT2D eigenvalue weighted by Gasteiger charge is 2.30. The maximum atomic E-state index is 12.7. The number of rotatable bonds is 7. The second kappa shape index (κ2) is 9.36. The Kier molecular flexibility index (Phi) is 7.14. The fourth-order valence-electron chi connectivity index (χ4n) is 2.43. The zero-order valence-electron chi connectivity index (χ0n) is 15.9. The van der Waals surface area contributed by atoms with Crippen LogP contribution in [-0.2, 0) is 20.5 Å². The summed E-state index contributed by atoms with van der Waals surface area (Å²) in [5.41, 5.74) is 0.497. The Hall–Kier alpha value is -3.16. The summed E-state index contributed by atoms with van der Waals surface area (Å²) in [7, 11) is 0. The fraction of sp³-hybridized carbons (Fsp3) is 0.286. The number of amides is 1. The van der Waals surface area contributed by atoms with E-state index >= 15 is 0 Å². The van der Waals surface area contributed by atoms with Crippen LogP contribution in [0.3, 0.4) is 0 Å². The molecule has 0 saturated heterocycles. The number of ether oxygens (including phenoxy) is 1. The van der Waals surface area contributed by atoms with Gasteiger partial charge in [0, 0.05) is 17.7 Å². The number of aryl methyl sites for hydroxylation is 1. The maximum Gasteiger partial charge on any atom is 0.416 e. The number of carbonyl (C=O) groups is 3. The third-order valence-corrected chi connectivity index (χ3v) is 4.06. The number of hydrogen-bond acceptors (Lipinski definition) is 4. The van der Waals surface area contributed by atoms with E-state index in [0.29, 0.717) is 5.56 Å². The monoisotopic (exact) mass is 407 g/mol. The molecular formula is C21H20F3NO4. The highest BCUT2D eigenvalue weighted by atomic mass is 19.4. The molecule has 29 heavy (non-hydrogen) atoms. The Morgan fingerprint density at radius 2 is 1.69 bits per heavy atom. The molecule has 1 atom stereocenters. The molecule has 0 aromatic heterocycles. The minimum absolute atomic E-state index is 0.0673. The standard InChI is InChI=1S/C21H20F3NO4/c1-13-6-8-15(9-7-13)18(26)10-11-19(27)29-14(2)20(28)25-17-5-3-4-16(12-17)21(22,23)24/h3-9,12,14H,10-11H2,1-2H3,(H,25,28). The highest BCUT2D eigenvalue weighted by molar-refractivity contribution is 5.98. The van der Waals surface area contributed by atoms with Crippen LogP contribution >= 0.6 is 0 Å². The summed E-state index contributed by atoms with van der Waals surface area (Å²) in [6.45, 7) is 3.18. The minimum Gasteiger partial charge on any atom is -0.453 e. The van der Waals surface area contributed by atoms with Gasteiger partial charge in [0.15, 0.2) is 11.9 Å². The van der Waals surface area contributed by atoms with Gasteiger partial charge in [0.1, 0.15) is 0 Å². The van der Waals surface area contributed by atoms with Crippen LogP contribution in [0, 0.1) is 6.92 Å². The van der Waals surface area contributed by atoms with Crippen LogP contribution in [0.2, 0.25) is 0 Å². The summed E-state index contributed by atoms with van der Waals surface area (Å²) < 4.78 is 43.1. The molecular weight excluding hydrogens is 387 g/mol. The van der Waals surface area contributed by atoms with Crippen molar-refractivity contribution in [3.8, 4) is 0 Å². The van der Waals surface area contributed by atoms with E-state index in [1.807, 2.05) is 6.92 Å². The summed E-state index contributed by atoms with van der Waals surface area (Å²) >= 11 is 0. The maximum absolute atomic E-state index is 12.7. The zero-order chi connectivity index (χ0) is 21.6. The largest absolute Gasteiger partial charge is 0.453 e. The van der Waals surface area contributed by atoms with Crippen LogP contribution in [-0.4, -0.2) is 23.8 Å². The van der Waals surface area contributed by atoms with E-state index in [1.165, 1.54) is 13.0 Å². The van der Waals surface area contributed by atoms with Gasteiger partial charge in [-0.2, -0.15) is 13.2 Å². The second-order valence-electron chi connectivity index (χ2n) is 6.49. The quantitative estimate of drug-likeness (QED) is 0.540. The fourth-order valence-corrected chi connectivity index (χ4v) is 2.43. The Labute approximate surface area is 165 Å². The van der Waals surface area contributed by atoms with E-state index in [9.17, 15) is 27.6 Å². The number of Topliss-reactive ketones (excluding diaryl/α,β-unsaturated/α-hetero) is 1. The number of benzene rings is 2. The number of nitrogens with one attached hydrogen (secondary N) is 1. The normalized spacial score (nSPS) is 12.2. The van der Waals surface area contributed by atoms with Gasteiger partial charge >= 0.3 is 12.1 Å². The molecule has 0 fully saturated rings. The van der Waals surface area contributed by atoms with Crippen molar-refractivity contribution >= 4 is 23.3 Å². The van der Waals surface area contributed by atoms with Crippen LogP contribution < -0.4 is 5.32 Å². The summed E-state index contributed by atoms with van der Waals surface area (Å²) in [4.78, 5) is 36.0. The van der Waals surface area contributed by atoms with Gasteiger partial charge < -0.3 is 10.1 Å². The van der Waals surface area contributed by atoms with Crippen LogP contribution in [0.5, 0.6) is 0 Å². The van der Waals surface area contributed by atoms with Gasteiger partial charge in [0.2, 0.25) is 0 Å². The topological polar surface area (TPSA) is 72.5 Å². The van der Waals surface area contributed by atoms with Gasteiger partial charge in [-0.05, 0) is 32.0 Å². The molecule has 0 bridgehead atoms. The van der Waals surface area contributed by atoms with E-state index < -0.39 is 29.7 Å². The third-order valence-electron chi connectivity index (χ3n) is 4.06. The van der Waals surface area contributed by atoms with Gasteiger partial charge in [-0.3, -0.25) is 14.4 Å². The Bertz CT molecular complexity index is 892. The number of esters is 1. The van der Waals surface area contributed by atoms with Crippen molar-refractivity contribution in [2.45, 2.75) is 39.0 Å². The first-order valence-corrected chi connectivity index (χ1v) is 8.84. The molecule has 2 aromatic carbocycles. The SMILES string of the molecule is Cc1ccc(C(=O)CCC(=O)OC(C)C(=O)Nc2cccc(C(F)(F)F)c2)cc1. The van der Waals surface area contributed by atoms with E-state index in [1.54, 1.807) is 24.3 Å². The summed E-state index contributed by atoms with van der Waals surface area (Å²) in [6.07, 6.45) is -6.06. The van der Waals surface area contributed by atoms with Crippen molar-refractivity contribution in [1.82, 2.24) is 0 Å². The summed E-state index contributed by atoms with van der Waals surface area (Å²) in [6, 6.07) is 11.0. The lowest BCUT2D eigenvalue weighted by atomic mass is 10.1.